The predicted octanol–water partition coefficient (Wildman–Crippen LogP) is 4.28. The Morgan fingerprint density at radius 1 is 1.05 bits per heavy atom. The average molecular weight is 366 g/mol. The first-order valence-corrected chi connectivity index (χ1v) is 7.40. The Morgan fingerprint density at radius 3 is 2.37 bits per heavy atom. The van der Waals surface area contributed by atoms with Crippen LogP contribution in [0.15, 0.2) is 42.5 Å². The van der Waals surface area contributed by atoms with Gasteiger partial charge in [-0.3, -0.25) is 0 Å². The van der Waals surface area contributed by atoms with Crippen molar-refractivity contribution >= 4 is 34.0 Å². The quantitative estimate of drug-likeness (QED) is 0.813. The van der Waals surface area contributed by atoms with Gasteiger partial charge in [0.15, 0.2) is 0 Å². The zero-order chi connectivity index (χ0) is 13.8. The lowest BCUT2D eigenvalue weighted by atomic mass is 10.1. The van der Waals surface area contributed by atoms with Crippen molar-refractivity contribution in [2.45, 2.75) is 13.5 Å². The summed E-state index contributed by atoms with van der Waals surface area (Å²) in [6.07, 6.45) is 0. The molecular weight excluding hydrogens is 347 g/mol. The predicted molar refractivity (Wildman–Crippen MR) is 92.0 cm³/mol. The number of anilines is 2. The van der Waals surface area contributed by atoms with E-state index in [0.29, 0.717) is 0 Å². The normalized spacial score (nSPS) is 10.3. The molecule has 0 heterocycles. The summed E-state index contributed by atoms with van der Waals surface area (Å²) in [4.78, 5) is 2.14. The fourth-order valence-corrected chi connectivity index (χ4v) is 2.37. The van der Waals surface area contributed by atoms with E-state index in [4.69, 9.17) is 0 Å². The third kappa shape index (κ3) is 3.86. The minimum Gasteiger partial charge on any atom is -0.381 e. The number of rotatable bonds is 4. The molecular formula is C16H19IN2. The Labute approximate surface area is 129 Å². The Kier molecular flexibility index (Phi) is 4.69. The molecule has 0 aromatic heterocycles. The van der Waals surface area contributed by atoms with Crippen molar-refractivity contribution in [3.63, 3.8) is 0 Å². The summed E-state index contributed by atoms with van der Waals surface area (Å²) in [6.45, 7) is 2.99. The van der Waals surface area contributed by atoms with Crippen LogP contribution in [0.2, 0.25) is 0 Å². The molecule has 2 nitrogen and oxygen atoms in total. The second kappa shape index (κ2) is 6.28. The van der Waals surface area contributed by atoms with Gasteiger partial charge < -0.3 is 10.2 Å². The molecule has 0 aliphatic rings. The largest absolute Gasteiger partial charge is 0.381 e. The maximum atomic E-state index is 3.47. The maximum absolute atomic E-state index is 3.47. The minimum atomic E-state index is 0.854. The molecule has 0 aliphatic heterocycles. The molecule has 0 fully saturated rings. The monoisotopic (exact) mass is 366 g/mol. The van der Waals surface area contributed by atoms with E-state index < -0.39 is 0 Å². The number of nitrogens with one attached hydrogen (secondary N) is 1. The number of halogens is 1. The Hall–Kier alpha value is -1.23. The molecule has 19 heavy (non-hydrogen) atoms. The molecule has 0 saturated heterocycles. The topological polar surface area (TPSA) is 15.3 Å². The standard InChI is InChI=1S/C16H19IN2/c1-12-4-9-15(10-16(12)19(2)3)18-11-13-5-7-14(17)8-6-13/h4-10,18H,11H2,1-3H3. The van der Waals surface area contributed by atoms with Gasteiger partial charge in [-0.05, 0) is 64.9 Å². The van der Waals surface area contributed by atoms with Crippen LogP contribution in [0.4, 0.5) is 11.4 Å². The van der Waals surface area contributed by atoms with E-state index in [9.17, 15) is 0 Å². The van der Waals surface area contributed by atoms with E-state index in [0.717, 1.165) is 12.2 Å². The fraction of sp³-hybridized carbons (Fsp3) is 0.250. The molecule has 0 radical (unpaired) electrons. The first kappa shape index (κ1) is 14.2. The van der Waals surface area contributed by atoms with Crippen molar-refractivity contribution in [1.29, 1.82) is 0 Å². The Bertz CT molecular complexity index is 547. The Balaban J connectivity index is 2.07. The van der Waals surface area contributed by atoms with Crippen LogP contribution in [0.3, 0.4) is 0 Å². The zero-order valence-corrected chi connectivity index (χ0v) is 13.7. The minimum absolute atomic E-state index is 0.854. The van der Waals surface area contributed by atoms with Gasteiger partial charge in [0.1, 0.15) is 0 Å². The van der Waals surface area contributed by atoms with E-state index >= 15 is 0 Å². The molecule has 0 atom stereocenters. The van der Waals surface area contributed by atoms with Crippen LogP contribution in [0.5, 0.6) is 0 Å². The summed E-state index contributed by atoms with van der Waals surface area (Å²) in [5, 5.41) is 3.47. The van der Waals surface area contributed by atoms with E-state index in [-0.39, 0.29) is 0 Å². The first-order valence-electron chi connectivity index (χ1n) is 6.32. The number of aryl methyl sites for hydroxylation is 1. The number of nitrogens with zero attached hydrogens (tertiary/aromatic N) is 1. The molecule has 2 rings (SSSR count). The van der Waals surface area contributed by atoms with Gasteiger partial charge in [-0.15, -0.1) is 0 Å². The summed E-state index contributed by atoms with van der Waals surface area (Å²) in [6, 6.07) is 15.1. The van der Waals surface area contributed by atoms with E-state index in [1.165, 1.54) is 20.4 Å². The van der Waals surface area contributed by atoms with Crippen molar-refractivity contribution in [1.82, 2.24) is 0 Å². The van der Waals surface area contributed by atoms with Gasteiger partial charge in [0, 0.05) is 35.6 Å². The lowest BCUT2D eigenvalue weighted by Crippen LogP contribution is -2.10. The number of hydrogen-bond acceptors (Lipinski definition) is 2. The summed E-state index contributed by atoms with van der Waals surface area (Å²) < 4.78 is 1.27. The van der Waals surface area contributed by atoms with Crippen molar-refractivity contribution in [3.05, 3.63) is 57.2 Å². The number of benzene rings is 2. The molecule has 0 aliphatic carbocycles. The third-order valence-electron chi connectivity index (χ3n) is 3.10. The lowest BCUT2D eigenvalue weighted by Gasteiger charge is -2.17. The molecule has 0 spiro atoms. The van der Waals surface area contributed by atoms with E-state index in [1.54, 1.807) is 0 Å². The molecule has 2 aromatic carbocycles. The first-order chi connectivity index (χ1) is 9.06. The van der Waals surface area contributed by atoms with Crippen LogP contribution in [-0.4, -0.2) is 14.1 Å². The molecule has 0 amide bonds. The summed E-state index contributed by atoms with van der Waals surface area (Å²) in [5.41, 5.74) is 5.01. The Morgan fingerprint density at radius 2 is 1.74 bits per heavy atom. The maximum Gasteiger partial charge on any atom is 0.0411 e. The molecule has 100 valence electrons. The van der Waals surface area contributed by atoms with Crippen LogP contribution in [-0.2, 0) is 6.54 Å². The van der Waals surface area contributed by atoms with Gasteiger partial charge in [-0.25, -0.2) is 0 Å². The molecule has 0 saturated carbocycles. The second-order valence-electron chi connectivity index (χ2n) is 4.88. The molecule has 3 heteroatoms. The van der Waals surface area contributed by atoms with Crippen LogP contribution < -0.4 is 10.2 Å². The highest BCUT2D eigenvalue weighted by molar-refractivity contribution is 14.1. The highest BCUT2D eigenvalue weighted by Crippen LogP contribution is 2.22. The summed E-state index contributed by atoms with van der Waals surface area (Å²) in [5.74, 6) is 0. The average Bonchev–Trinajstić information content (AvgIpc) is 2.39. The van der Waals surface area contributed by atoms with Crippen LogP contribution in [0.1, 0.15) is 11.1 Å². The smallest absolute Gasteiger partial charge is 0.0411 e. The van der Waals surface area contributed by atoms with Gasteiger partial charge in [0.2, 0.25) is 0 Å². The molecule has 0 unspecified atom stereocenters. The number of hydrogen-bond donors (Lipinski definition) is 1. The fourth-order valence-electron chi connectivity index (χ4n) is 2.01. The summed E-state index contributed by atoms with van der Waals surface area (Å²) >= 11 is 2.33. The molecule has 0 bridgehead atoms. The molecule has 2 aromatic rings. The van der Waals surface area contributed by atoms with Gasteiger partial charge in [-0.1, -0.05) is 18.2 Å². The highest BCUT2D eigenvalue weighted by atomic mass is 127. The van der Waals surface area contributed by atoms with Gasteiger partial charge >= 0.3 is 0 Å². The van der Waals surface area contributed by atoms with Gasteiger partial charge in [0.05, 0.1) is 0 Å². The van der Waals surface area contributed by atoms with Crippen molar-refractivity contribution in [2.75, 3.05) is 24.3 Å². The lowest BCUT2D eigenvalue weighted by molar-refractivity contribution is 1.10. The van der Waals surface area contributed by atoms with Crippen LogP contribution in [0.25, 0.3) is 0 Å². The molecule has 1 N–H and O–H groups in total. The highest BCUT2D eigenvalue weighted by Gasteiger charge is 2.02. The zero-order valence-electron chi connectivity index (χ0n) is 11.6. The SMILES string of the molecule is Cc1ccc(NCc2ccc(I)cc2)cc1N(C)C. The van der Waals surface area contributed by atoms with E-state index in [2.05, 4.69) is 96.3 Å². The van der Waals surface area contributed by atoms with Crippen LogP contribution >= 0.6 is 22.6 Å². The second-order valence-corrected chi connectivity index (χ2v) is 6.12. The van der Waals surface area contributed by atoms with Crippen LogP contribution in [0, 0.1) is 10.5 Å². The van der Waals surface area contributed by atoms with E-state index in [1.807, 2.05) is 0 Å². The van der Waals surface area contributed by atoms with Crippen molar-refractivity contribution in [3.8, 4) is 0 Å². The van der Waals surface area contributed by atoms with Gasteiger partial charge in [-0.2, -0.15) is 0 Å². The van der Waals surface area contributed by atoms with Crippen molar-refractivity contribution < 1.29 is 0 Å². The van der Waals surface area contributed by atoms with Gasteiger partial charge in [0.25, 0.3) is 0 Å². The summed E-state index contributed by atoms with van der Waals surface area (Å²) in [7, 11) is 4.15. The third-order valence-corrected chi connectivity index (χ3v) is 3.82. The van der Waals surface area contributed by atoms with Crippen molar-refractivity contribution in [2.24, 2.45) is 0 Å².